The van der Waals surface area contributed by atoms with Gasteiger partial charge in [-0.25, -0.2) is 0 Å². The van der Waals surface area contributed by atoms with Crippen molar-refractivity contribution in [2.45, 2.75) is 49.8 Å². The van der Waals surface area contributed by atoms with Gasteiger partial charge in [-0.3, -0.25) is 0 Å². The number of ether oxygens (including phenoxy) is 1. The minimum Gasteiger partial charge on any atom is -0.496 e. The van der Waals surface area contributed by atoms with E-state index in [9.17, 15) is 0 Å². The Bertz CT molecular complexity index is 390. The normalized spacial score (nSPS) is 17.9. The molecule has 2 nitrogen and oxygen atoms in total. The molecule has 1 unspecified atom stereocenters. The van der Waals surface area contributed by atoms with Crippen molar-refractivity contribution in [3.05, 3.63) is 29.8 Å². The lowest BCUT2D eigenvalue weighted by Crippen LogP contribution is -2.31. The van der Waals surface area contributed by atoms with E-state index < -0.39 is 0 Å². The molecule has 0 aromatic heterocycles. The number of hydrogen-bond donors (Lipinski definition) is 1. The van der Waals surface area contributed by atoms with E-state index in [-0.39, 0.29) is 0 Å². The van der Waals surface area contributed by atoms with Gasteiger partial charge in [-0.15, -0.1) is 0 Å². The van der Waals surface area contributed by atoms with Crippen LogP contribution in [0.1, 0.15) is 37.7 Å². The number of hydrogen-bond acceptors (Lipinski definition) is 3. The molecular formula is C17H27NOS. The summed E-state index contributed by atoms with van der Waals surface area (Å²) in [5.41, 5.74) is 1.30. The number of para-hydroxylation sites is 1. The van der Waals surface area contributed by atoms with Gasteiger partial charge < -0.3 is 10.1 Å². The SMILES string of the molecule is CNC(CSC1CCCCC1)Cc1ccccc1OC. The lowest BCUT2D eigenvalue weighted by atomic mass is 10.0. The molecule has 1 aromatic carbocycles. The molecule has 1 aliphatic carbocycles. The van der Waals surface area contributed by atoms with Crippen molar-refractivity contribution in [2.24, 2.45) is 0 Å². The highest BCUT2D eigenvalue weighted by Gasteiger charge is 2.17. The van der Waals surface area contributed by atoms with E-state index in [4.69, 9.17) is 4.74 Å². The van der Waals surface area contributed by atoms with Gasteiger partial charge in [0.15, 0.2) is 0 Å². The quantitative estimate of drug-likeness (QED) is 0.824. The van der Waals surface area contributed by atoms with Gasteiger partial charge in [0.25, 0.3) is 0 Å². The van der Waals surface area contributed by atoms with Crippen LogP contribution in [-0.2, 0) is 6.42 Å². The van der Waals surface area contributed by atoms with Crippen LogP contribution in [0.4, 0.5) is 0 Å². The molecule has 2 rings (SSSR count). The minimum absolute atomic E-state index is 0.526. The summed E-state index contributed by atoms with van der Waals surface area (Å²) >= 11 is 2.16. The molecule has 3 heteroatoms. The molecule has 112 valence electrons. The molecule has 0 saturated heterocycles. The van der Waals surface area contributed by atoms with Gasteiger partial charge >= 0.3 is 0 Å². The molecule has 1 fully saturated rings. The summed E-state index contributed by atoms with van der Waals surface area (Å²) in [6.07, 6.45) is 8.16. The fourth-order valence-corrected chi connectivity index (χ4v) is 4.32. The van der Waals surface area contributed by atoms with Crippen LogP contribution < -0.4 is 10.1 Å². The van der Waals surface area contributed by atoms with Crippen molar-refractivity contribution in [1.29, 1.82) is 0 Å². The highest BCUT2D eigenvalue weighted by Crippen LogP contribution is 2.29. The average molecular weight is 293 g/mol. The highest BCUT2D eigenvalue weighted by atomic mass is 32.2. The van der Waals surface area contributed by atoms with Crippen LogP contribution in [-0.4, -0.2) is 31.2 Å². The number of rotatable bonds is 7. The standard InChI is InChI=1S/C17H27NOS/c1-18-15(13-20-16-9-4-3-5-10-16)12-14-8-6-7-11-17(14)19-2/h6-8,11,15-16,18H,3-5,9-10,12-13H2,1-2H3. The van der Waals surface area contributed by atoms with Crippen molar-refractivity contribution in [2.75, 3.05) is 19.9 Å². The van der Waals surface area contributed by atoms with Crippen LogP contribution in [0.2, 0.25) is 0 Å². The van der Waals surface area contributed by atoms with Gasteiger partial charge in [-0.05, 0) is 37.9 Å². The van der Waals surface area contributed by atoms with Crippen LogP contribution in [0.15, 0.2) is 24.3 Å². The zero-order valence-corrected chi connectivity index (χ0v) is 13.5. The average Bonchev–Trinajstić information content (AvgIpc) is 2.52. The van der Waals surface area contributed by atoms with Crippen LogP contribution in [0.3, 0.4) is 0 Å². The summed E-state index contributed by atoms with van der Waals surface area (Å²) in [4.78, 5) is 0. The first-order valence-electron chi connectivity index (χ1n) is 7.74. The van der Waals surface area contributed by atoms with Crippen molar-refractivity contribution < 1.29 is 4.74 Å². The Morgan fingerprint density at radius 2 is 2.00 bits per heavy atom. The highest BCUT2D eigenvalue weighted by molar-refractivity contribution is 7.99. The molecule has 1 aliphatic rings. The largest absolute Gasteiger partial charge is 0.496 e. The maximum Gasteiger partial charge on any atom is 0.122 e. The van der Waals surface area contributed by atoms with Crippen LogP contribution in [0.25, 0.3) is 0 Å². The Labute approximate surface area is 127 Å². The number of likely N-dealkylation sites (N-methyl/N-ethyl adjacent to an activating group) is 1. The molecule has 1 saturated carbocycles. The number of methoxy groups -OCH3 is 1. The second kappa shape index (κ2) is 8.58. The molecule has 20 heavy (non-hydrogen) atoms. The number of nitrogens with one attached hydrogen (secondary N) is 1. The second-order valence-electron chi connectivity index (χ2n) is 5.59. The van der Waals surface area contributed by atoms with Crippen molar-refractivity contribution >= 4 is 11.8 Å². The zero-order valence-electron chi connectivity index (χ0n) is 12.7. The summed E-state index contributed by atoms with van der Waals surface area (Å²) in [5, 5.41) is 4.35. The summed E-state index contributed by atoms with van der Waals surface area (Å²) in [5.74, 6) is 2.20. The topological polar surface area (TPSA) is 21.3 Å². The molecule has 0 spiro atoms. The molecule has 1 N–H and O–H groups in total. The Morgan fingerprint density at radius 3 is 2.70 bits per heavy atom. The summed E-state index contributed by atoms with van der Waals surface area (Å²) in [7, 11) is 3.82. The maximum atomic E-state index is 5.45. The lowest BCUT2D eigenvalue weighted by molar-refractivity contribution is 0.407. The van der Waals surface area contributed by atoms with E-state index in [0.29, 0.717) is 6.04 Å². The molecule has 1 atom stereocenters. The zero-order chi connectivity index (χ0) is 14.2. The molecule has 0 bridgehead atoms. The molecule has 0 heterocycles. The van der Waals surface area contributed by atoms with Crippen LogP contribution >= 0.6 is 11.8 Å². The van der Waals surface area contributed by atoms with Gasteiger partial charge in [-0.2, -0.15) is 11.8 Å². The second-order valence-corrected chi connectivity index (χ2v) is 6.93. The first kappa shape index (κ1) is 15.7. The van der Waals surface area contributed by atoms with Crippen LogP contribution in [0.5, 0.6) is 5.75 Å². The Morgan fingerprint density at radius 1 is 1.25 bits per heavy atom. The summed E-state index contributed by atoms with van der Waals surface area (Å²) in [6, 6.07) is 8.88. The van der Waals surface area contributed by atoms with E-state index in [0.717, 1.165) is 17.4 Å². The number of benzene rings is 1. The third kappa shape index (κ3) is 4.71. The predicted octanol–water partition coefficient (Wildman–Crippen LogP) is 3.89. The lowest BCUT2D eigenvalue weighted by Gasteiger charge is -2.24. The predicted molar refractivity (Wildman–Crippen MR) is 88.9 cm³/mol. The smallest absolute Gasteiger partial charge is 0.122 e. The van der Waals surface area contributed by atoms with Crippen molar-refractivity contribution in [1.82, 2.24) is 5.32 Å². The first-order chi connectivity index (χ1) is 9.83. The fraction of sp³-hybridized carbons (Fsp3) is 0.647. The third-order valence-electron chi connectivity index (χ3n) is 4.15. The van der Waals surface area contributed by atoms with Gasteiger partial charge in [0.2, 0.25) is 0 Å². The molecule has 1 aromatic rings. The first-order valence-corrected chi connectivity index (χ1v) is 8.79. The molecule has 0 radical (unpaired) electrons. The van der Waals surface area contributed by atoms with Crippen LogP contribution in [0, 0.1) is 0 Å². The van der Waals surface area contributed by atoms with Crippen molar-refractivity contribution in [3.63, 3.8) is 0 Å². The maximum absolute atomic E-state index is 5.45. The van der Waals surface area contributed by atoms with Gasteiger partial charge in [0.1, 0.15) is 5.75 Å². The minimum atomic E-state index is 0.526. The fourth-order valence-electron chi connectivity index (χ4n) is 2.87. The van der Waals surface area contributed by atoms with E-state index in [1.165, 1.54) is 43.4 Å². The summed E-state index contributed by atoms with van der Waals surface area (Å²) in [6.45, 7) is 0. The van der Waals surface area contributed by atoms with E-state index >= 15 is 0 Å². The third-order valence-corrected chi connectivity index (χ3v) is 5.69. The summed E-state index contributed by atoms with van der Waals surface area (Å²) < 4.78 is 5.45. The molecular weight excluding hydrogens is 266 g/mol. The Kier molecular flexibility index (Phi) is 6.74. The monoisotopic (exact) mass is 293 g/mol. The van der Waals surface area contributed by atoms with Gasteiger partial charge in [0.05, 0.1) is 7.11 Å². The van der Waals surface area contributed by atoms with Gasteiger partial charge in [-0.1, -0.05) is 37.5 Å². The van der Waals surface area contributed by atoms with E-state index in [1.807, 2.05) is 6.07 Å². The molecule has 0 amide bonds. The Balaban J connectivity index is 1.84. The van der Waals surface area contributed by atoms with Gasteiger partial charge in [0, 0.05) is 17.0 Å². The Hall–Kier alpha value is -0.670. The molecule has 0 aliphatic heterocycles. The van der Waals surface area contributed by atoms with E-state index in [2.05, 4.69) is 42.3 Å². The number of thioether (sulfide) groups is 1. The van der Waals surface area contributed by atoms with Crippen molar-refractivity contribution in [3.8, 4) is 5.75 Å². The van der Waals surface area contributed by atoms with E-state index in [1.54, 1.807) is 7.11 Å².